The maximum atomic E-state index is 6.13. The zero-order chi connectivity index (χ0) is 15.3. The molecule has 4 N–H and O–H groups in total. The third-order valence-electron chi connectivity index (χ3n) is 3.92. The molecule has 1 heterocycles. The molecule has 0 amide bonds. The van der Waals surface area contributed by atoms with Gasteiger partial charge in [-0.25, -0.2) is 4.98 Å². The van der Waals surface area contributed by atoms with Crippen LogP contribution in [0.25, 0.3) is 22.3 Å². The first-order valence-electron chi connectivity index (χ1n) is 6.93. The van der Waals surface area contributed by atoms with Gasteiger partial charge >= 0.3 is 0 Å². The maximum Gasteiger partial charge on any atom is 0.222 e. The number of anilines is 2. The summed E-state index contributed by atoms with van der Waals surface area (Å²) in [6.07, 6.45) is 0.718. The highest BCUT2D eigenvalue weighted by atomic mass is 35.5. The minimum atomic E-state index is 0.216. The summed E-state index contributed by atoms with van der Waals surface area (Å²) in [5.74, 6) is 0.643. The van der Waals surface area contributed by atoms with E-state index in [2.05, 4.69) is 22.1 Å². The van der Waals surface area contributed by atoms with Crippen molar-refractivity contribution >= 4 is 23.4 Å². The van der Waals surface area contributed by atoms with Crippen LogP contribution in [0.3, 0.4) is 0 Å². The Morgan fingerprint density at radius 1 is 0.955 bits per heavy atom. The Hall–Kier alpha value is -2.59. The lowest BCUT2D eigenvalue weighted by Gasteiger charge is -2.11. The van der Waals surface area contributed by atoms with E-state index in [0.717, 1.165) is 34.4 Å². The third-order valence-corrected chi connectivity index (χ3v) is 4.16. The van der Waals surface area contributed by atoms with Crippen molar-refractivity contribution in [2.75, 3.05) is 11.5 Å². The first-order chi connectivity index (χ1) is 10.6. The Morgan fingerprint density at radius 2 is 1.77 bits per heavy atom. The maximum absolute atomic E-state index is 6.13. The van der Waals surface area contributed by atoms with Gasteiger partial charge in [-0.1, -0.05) is 41.9 Å². The summed E-state index contributed by atoms with van der Waals surface area (Å²) in [5.41, 5.74) is 18.0. The van der Waals surface area contributed by atoms with Crippen LogP contribution in [0, 0.1) is 0 Å². The molecular formula is C17H13ClN4. The lowest BCUT2D eigenvalue weighted by atomic mass is 9.95. The van der Waals surface area contributed by atoms with Crippen LogP contribution in [0.15, 0.2) is 42.5 Å². The molecule has 0 spiro atoms. The van der Waals surface area contributed by atoms with E-state index < -0.39 is 0 Å². The molecule has 1 aliphatic carbocycles. The van der Waals surface area contributed by atoms with Gasteiger partial charge in [0, 0.05) is 17.0 Å². The second-order valence-corrected chi connectivity index (χ2v) is 5.75. The molecule has 5 heteroatoms. The molecule has 1 aromatic heterocycles. The van der Waals surface area contributed by atoms with Gasteiger partial charge in [0.15, 0.2) is 0 Å². The number of nitrogen functional groups attached to an aromatic ring is 2. The SMILES string of the molecule is Nc1nc(N)c2c(n1)Cc1cccc(-c3cccc(Cl)c3)c1-2. The van der Waals surface area contributed by atoms with Crippen LogP contribution < -0.4 is 11.5 Å². The normalized spacial score (nSPS) is 12.0. The fraction of sp³-hybridized carbons (Fsp3) is 0.0588. The second kappa shape index (κ2) is 4.71. The number of nitrogens with two attached hydrogens (primary N) is 2. The summed E-state index contributed by atoms with van der Waals surface area (Å²) in [6.45, 7) is 0. The Balaban J connectivity index is 2.01. The lowest BCUT2D eigenvalue weighted by Crippen LogP contribution is -2.03. The fourth-order valence-corrected chi connectivity index (χ4v) is 3.26. The quantitative estimate of drug-likeness (QED) is 0.564. The van der Waals surface area contributed by atoms with Crippen LogP contribution in [0.1, 0.15) is 11.3 Å². The van der Waals surface area contributed by atoms with Crippen LogP contribution in [0.2, 0.25) is 5.02 Å². The molecule has 0 aliphatic heterocycles. The number of hydrogen-bond donors (Lipinski definition) is 2. The van der Waals surface area contributed by atoms with Crippen molar-refractivity contribution in [1.29, 1.82) is 0 Å². The van der Waals surface area contributed by atoms with Crippen molar-refractivity contribution in [3.63, 3.8) is 0 Å². The largest absolute Gasteiger partial charge is 0.383 e. The summed E-state index contributed by atoms with van der Waals surface area (Å²) < 4.78 is 0. The topological polar surface area (TPSA) is 77.8 Å². The van der Waals surface area contributed by atoms with E-state index >= 15 is 0 Å². The number of benzene rings is 2. The van der Waals surface area contributed by atoms with E-state index in [1.165, 1.54) is 5.56 Å². The highest BCUT2D eigenvalue weighted by molar-refractivity contribution is 6.30. The van der Waals surface area contributed by atoms with Gasteiger partial charge < -0.3 is 11.5 Å². The first-order valence-corrected chi connectivity index (χ1v) is 7.31. The Kier molecular flexibility index (Phi) is 2.81. The van der Waals surface area contributed by atoms with Gasteiger partial charge in [-0.3, -0.25) is 0 Å². The zero-order valence-corrected chi connectivity index (χ0v) is 12.4. The van der Waals surface area contributed by atoms with E-state index in [1.54, 1.807) is 0 Å². The number of rotatable bonds is 1. The van der Waals surface area contributed by atoms with Crippen molar-refractivity contribution < 1.29 is 0 Å². The van der Waals surface area contributed by atoms with Crippen LogP contribution in [-0.2, 0) is 6.42 Å². The van der Waals surface area contributed by atoms with E-state index in [1.807, 2.05) is 30.3 Å². The third kappa shape index (κ3) is 1.92. The van der Waals surface area contributed by atoms with Gasteiger partial charge in [-0.2, -0.15) is 4.98 Å². The summed E-state index contributed by atoms with van der Waals surface area (Å²) in [6, 6.07) is 14.0. The van der Waals surface area contributed by atoms with Gasteiger partial charge in [0.25, 0.3) is 0 Å². The average Bonchev–Trinajstić information content (AvgIpc) is 2.85. The van der Waals surface area contributed by atoms with Gasteiger partial charge in [0.1, 0.15) is 5.82 Å². The number of nitrogens with zero attached hydrogens (tertiary/aromatic N) is 2. The zero-order valence-electron chi connectivity index (χ0n) is 11.7. The van der Waals surface area contributed by atoms with E-state index in [-0.39, 0.29) is 5.95 Å². The number of halogens is 1. The molecule has 0 atom stereocenters. The summed E-state index contributed by atoms with van der Waals surface area (Å²) in [5, 5.41) is 0.704. The molecule has 0 unspecified atom stereocenters. The molecule has 4 rings (SSSR count). The highest BCUT2D eigenvalue weighted by Crippen LogP contribution is 2.44. The van der Waals surface area contributed by atoms with Crippen molar-refractivity contribution in [3.8, 4) is 22.3 Å². The lowest BCUT2D eigenvalue weighted by molar-refractivity contribution is 1.09. The second-order valence-electron chi connectivity index (χ2n) is 5.32. The predicted octanol–water partition coefficient (Wildman–Crippen LogP) is 3.53. The minimum Gasteiger partial charge on any atom is -0.383 e. The fourth-order valence-electron chi connectivity index (χ4n) is 3.07. The Labute approximate surface area is 132 Å². The molecule has 0 bridgehead atoms. The molecule has 1 aliphatic rings. The van der Waals surface area contributed by atoms with Gasteiger partial charge in [-0.15, -0.1) is 0 Å². The molecule has 0 fully saturated rings. The molecule has 4 nitrogen and oxygen atoms in total. The van der Waals surface area contributed by atoms with E-state index in [0.29, 0.717) is 10.8 Å². The molecule has 0 saturated carbocycles. The van der Waals surface area contributed by atoms with Crippen molar-refractivity contribution in [2.45, 2.75) is 6.42 Å². The van der Waals surface area contributed by atoms with Gasteiger partial charge in [-0.05, 0) is 34.4 Å². The highest BCUT2D eigenvalue weighted by Gasteiger charge is 2.26. The summed E-state index contributed by atoms with van der Waals surface area (Å²) in [7, 11) is 0. The predicted molar refractivity (Wildman–Crippen MR) is 89.5 cm³/mol. The average molecular weight is 309 g/mol. The Bertz CT molecular complexity index is 905. The van der Waals surface area contributed by atoms with Crippen molar-refractivity contribution in [2.24, 2.45) is 0 Å². The Morgan fingerprint density at radius 3 is 2.59 bits per heavy atom. The minimum absolute atomic E-state index is 0.216. The van der Waals surface area contributed by atoms with Crippen LogP contribution in [0.4, 0.5) is 11.8 Å². The number of hydrogen-bond acceptors (Lipinski definition) is 4. The first kappa shape index (κ1) is 13.1. The van der Waals surface area contributed by atoms with Crippen molar-refractivity contribution in [3.05, 3.63) is 58.7 Å². The summed E-state index contributed by atoms with van der Waals surface area (Å²) >= 11 is 6.13. The molecule has 22 heavy (non-hydrogen) atoms. The van der Waals surface area contributed by atoms with Crippen LogP contribution in [-0.4, -0.2) is 9.97 Å². The van der Waals surface area contributed by atoms with Crippen LogP contribution in [0.5, 0.6) is 0 Å². The smallest absolute Gasteiger partial charge is 0.222 e. The van der Waals surface area contributed by atoms with Gasteiger partial charge in [0.2, 0.25) is 5.95 Å². The van der Waals surface area contributed by atoms with Gasteiger partial charge in [0.05, 0.1) is 5.69 Å². The number of aromatic nitrogens is 2. The molecule has 2 aromatic carbocycles. The molecule has 0 radical (unpaired) electrons. The van der Waals surface area contributed by atoms with Crippen LogP contribution >= 0.6 is 11.6 Å². The standard InChI is InChI=1S/C17H13ClN4/c18-11-5-1-3-9(7-11)12-6-2-4-10-8-13-15(14(10)12)16(19)22-17(20)21-13/h1-7H,8H2,(H4,19,20,21,22). The monoisotopic (exact) mass is 308 g/mol. The van der Waals surface area contributed by atoms with Crippen molar-refractivity contribution in [1.82, 2.24) is 9.97 Å². The molecule has 0 saturated heterocycles. The number of fused-ring (bicyclic) bond motifs is 3. The molecule has 3 aromatic rings. The van der Waals surface area contributed by atoms with E-state index in [4.69, 9.17) is 23.1 Å². The summed E-state index contributed by atoms with van der Waals surface area (Å²) in [4.78, 5) is 8.46. The molecular weight excluding hydrogens is 296 g/mol. The molecule has 108 valence electrons. The van der Waals surface area contributed by atoms with E-state index in [9.17, 15) is 0 Å².